The monoisotopic (exact) mass is 275 g/mol. The van der Waals surface area contributed by atoms with Crippen LogP contribution in [0.15, 0.2) is 11.1 Å². The smallest absolute Gasteiger partial charge is 0.214 e. The molecule has 0 aromatic carbocycles. The standard InChI is InChI=1S/C13H25NOS2/c1-3-5-6-7-8-9-10-17-13(15)11-12(14)16-4-2/h11H,3-10,14H2,1-2H3. The molecule has 0 aliphatic carbocycles. The lowest BCUT2D eigenvalue weighted by Crippen LogP contribution is -1.97. The Bertz CT molecular complexity index is 229. The molecule has 2 N–H and O–H groups in total. The fourth-order valence-electron chi connectivity index (χ4n) is 1.42. The minimum Gasteiger partial charge on any atom is -0.393 e. The van der Waals surface area contributed by atoms with E-state index in [0.29, 0.717) is 5.03 Å². The van der Waals surface area contributed by atoms with E-state index in [0.717, 1.165) is 17.9 Å². The van der Waals surface area contributed by atoms with Crippen LogP contribution in [0.2, 0.25) is 0 Å². The van der Waals surface area contributed by atoms with Gasteiger partial charge in [-0.3, -0.25) is 4.79 Å². The highest BCUT2D eigenvalue weighted by molar-refractivity contribution is 8.14. The zero-order valence-electron chi connectivity index (χ0n) is 11.0. The first-order valence-corrected chi connectivity index (χ1v) is 8.44. The van der Waals surface area contributed by atoms with Gasteiger partial charge in [-0.15, -0.1) is 11.8 Å². The number of thioether (sulfide) groups is 2. The third kappa shape index (κ3) is 12.2. The molecule has 0 atom stereocenters. The molecule has 0 saturated carbocycles. The number of rotatable bonds is 10. The summed E-state index contributed by atoms with van der Waals surface area (Å²) in [5.41, 5.74) is 5.66. The number of hydrogen-bond acceptors (Lipinski definition) is 4. The number of unbranched alkanes of at least 4 members (excludes halogenated alkanes) is 5. The van der Waals surface area contributed by atoms with E-state index in [1.165, 1.54) is 55.6 Å². The van der Waals surface area contributed by atoms with Crippen molar-refractivity contribution in [1.82, 2.24) is 0 Å². The van der Waals surface area contributed by atoms with Gasteiger partial charge in [-0.2, -0.15) is 0 Å². The van der Waals surface area contributed by atoms with Crippen LogP contribution in [0.5, 0.6) is 0 Å². The van der Waals surface area contributed by atoms with Gasteiger partial charge in [0.25, 0.3) is 0 Å². The molecule has 0 amide bonds. The van der Waals surface area contributed by atoms with E-state index in [2.05, 4.69) is 6.92 Å². The minimum absolute atomic E-state index is 0.0945. The predicted octanol–water partition coefficient (Wildman–Crippen LogP) is 4.16. The van der Waals surface area contributed by atoms with Gasteiger partial charge in [0, 0.05) is 11.8 Å². The molecule has 0 bridgehead atoms. The summed E-state index contributed by atoms with van der Waals surface area (Å²) in [5.74, 6) is 1.84. The maximum absolute atomic E-state index is 11.5. The van der Waals surface area contributed by atoms with Crippen molar-refractivity contribution in [2.45, 2.75) is 52.4 Å². The Labute approximate surface area is 114 Å². The predicted molar refractivity (Wildman–Crippen MR) is 81.2 cm³/mol. The molecule has 0 heterocycles. The molecule has 0 spiro atoms. The highest BCUT2D eigenvalue weighted by Crippen LogP contribution is 2.14. The number of carbonyl (C=O) groups is 1. The average Bonchev–Trinajstić information content (AvgIpc) is 2.28. The van der Waals surface area contributed by atoms with Gasteiger partial charge in [0.15, 0.2) is 0 Å². The number of carbonyl (C=O) groups excluding carboxylic acids is 1. The lowest BCUT2D eigenvalue weighted by Gasteiger charge is -2.00. The van der Waals surface area contributed by atoms with Crippen molar-refractivity contribution >= 4 is 28.6 Å². The van der Waals surface area contributed by atoms with Crippen molar-refractivity contribution < 1.29 is 4.79 Å². The Kier molecular flexibility index (Phi) is 12.3. The quantitative estimate of drug-likeness (QED) is 0.480. The summed E-state index contributed by atoms with van der Waals surface area (Å²) in [7, 11) is 0. The van der Waals surface area contributed by atoms with Crippen LogP contribution in [-0.2, 0) is 4.79 Å². The van der Waals surface area contributed by atoms with Gasteiger partial charge < -0.3 is 5.73 Å². The molecule has 0 aromatic heterocycles. The second kappa shape index (κ2) is 12.4. The summed E-state index contributed by atoms with van der Waals surface area (Å²) in [6.07, 6.45) is 9.17. The maximum Gasteiger partial charge on any atom is 0.214 e. The van der Waals surface area contributed by atoms with E-state index in [9.17, 15) is 4.79 Å². The fourth-order valence-corrected chi connectivity index (χ4v) is 2.78. The van der Waals surface area contributed by atoms with Crippen molar-refractivity contribution in [2.24, 2.45) is 5.73 Å². The van der Waals surface area contributed by atoms with Crippen LogP contribution >= 0.6 is 23.5 Å². The van der Waals surface area contributed by atoms with E-state index in [1.807, 2.05) is 6.92 Å². The summed E-state index contributed by atoms with van der Waals surface area (Å²) >= 11 is 2.90. The van der Waals surface area contributed by atoms with Crippen LogP contribution in [0.1, 0.15) is 52.4 Å². The van der Waals surface area contributed by atoms with Crippen LogP contribution in [-0.4, -0.2) is 16.6 Å². The van der Waals surface area contributed by atoms with Gasteiger partial charge in [0.2, 0.25) is 5.12 Å². The molecule has 0 rings (SSSR count). The lowest BCUT2D eigenvalue weighted by molar-refractivity contribution is -0.107. The molecule has 0 aliphatic rings. The van der Waals surface area contributed by atoms with Crippen molar-refractivity contribution in [3.05, 3.63) is 11.1 Å². The normalized spacial score (nSPS) is 11.8. The van der Waals surface area contributed by atoms with Crippen LogP contribution in [0, 0.1) is 0 Å². The Hall–Kier alpha value is -0.0900. The van der Waals surface area contributed by atoms with E-state index in [1.54, 1.807) is 6.08 Å². The summed E-state index contributed by atoms with van der Waals surface area (Å²) in [6, 6.07) is 0. The Morgan fingerprint density at radius 2 is 1.71 bits per heavy atom. The van der Waals surface area contributed by atoms with Gasteiger partial charge >= 0.3 is 0 Å². The molecule has 100 valence electrons. The highest BCUT2D eigenvalue weighted by Gasteiger charge is 2.00. The molecular weight excluding hydrogens is 250 g/mol. The minimum atomic E-state index is 0.0945. The molecule has 0 aromatic rings. The first-order valence-electron chi connectivity index (χ1n) is 6.47. The molecule has 0 radical (unpaired) electrons. The molecule has 0 unspecified atom stereocenters. The molecule has 2 nitrogen and oxygen atoms in total. The first-order chi connectivity index (χ1) is 8.20. The van der Waals surface area contributed by atoms with E-state index in [4.69, 9.17) is 5.73 Å². The van der Waals surface area contributed by atoms with Crippen LogP contribution < -0.4 is 5.73 Å². The van der Waals surface area contributed by atoms with Crippen LogP contribution in [0.25, 0.3) is 0 Å². The van der Waals surface area contributed by atoms with Crippen molar-refractivity contribution in [1.29, 1.82) is 0 Å². The average molecular weight is 275 g/mol. The SMILES string of the molecule is CCCCCCCCSC(=O)C=C(N)SCC. The van der Waals surface area contributed by atoms with Crippen molar-refractivity contribution in [3.8, 4) is 0 Å². The topological polar surface area (TPSA) is 43.1 Å². The Morgan fingerprint density at radius 3 is 2.35 bits per heavy atom. The highest BCUT2D eigenvalue weighted by atomic mass is 32.2. The summed E-state index contributed by atoms with van der Waals surface area (Å²) in [6.45, 7) is 4.25. The first kappa shape index (κ1) is 16.9. The number of nitrogens with two attached hydrogens (primary N) is 1. The van der Waals surface area contributed by atoms with Crippen LogP contribution in [0.3, 0.4) is 0 Å². The molecule has 0 saturated heterocycles. The van der Waals surface area contributed by atoms with Gasteiger partial charge in [-0.05, 0) is 12.2 Å². The van der Waals surface area contributed by atoms with E-state index >= 15 is 0 Å². The molecule has 0 aliphatic heterocycles. The summed E-state index contributed by atoms with van der Waals surface area (Å²) in [4.78, 5) is 11.5. The zero-order chi connectivity index (χ0) is 12.9. The van der Waals surface area contributed by atoms with E-state index < -0.39 is 0 Å². The Balaban J connectivity index is 3.42. The lowest BCUT2D eigenvalue weighted by atomic mass is 10.1. The van der Waals surface area contributed by atoms with Gasteiger partial charge in [0.05, 0.1) is 5.03 Å². The van der Waals surface area contributed by atoms with Gasteiger partial charge in [0.1, 0.15) is 0 Å². The zero-order valence-corrected chi connectivity index (χ0v) is 12.7. The summed E-state index contributed by atoms with van der Waals surface area (Å²) < 4.78 is 0. The molecule has 0 fully saturated rings. The second-order valence-electron chi connectivity index (χ2n) is 3.91. The number of hydrogen-bond donors (Lipinski definition) is 1. The summed E-state index contributed by atoms with van der Waals surface area (Å²) in [5, 5.41) is 0.727. The molecule has 4 heteroatoms. The van der Waals surface area contributed by atoms with Crippen molar-refractivity contribution in [3.63, 3.8) is 0 Å². The third-order valence-electron chi connectivity index (χ3n) is 2.31. The third-order valence-corrected chi connectivity index (χ3v) is 3.95. The maximum atomic E-state index is 11.5. The van der Waals surface area contributed by atoms with Gasteiger partial charge in [-0.1, -0.05) is 57.7 Å². The fraction of sp³-hybridized carbons (Fsp3) is 0.769. The largest absolute Gasteiger partial charge is 0.393 e. The van der Waals surface area contributed by atoms with Crippen LogP contribution in [0.4, 0.5) is 0 Å². The Morgan fingerprint density at radius 1 is 1.06 bits per heavy atom. The van der Waals surface area contributed by atoms with Crippen molar-refractivity contribution in [2.75, 3.05) is 11.5 Å². The molecule has 17 heavy (non-hydrogen) atoms. The van der Waals surface area contributed by atoms with Gasteiger partial charge in [-0.25, -0.2) is 0 Å². The second-order valence-corrected chi connectivity index (χ2v) is 6.35. The van der Waals surface area contributed by atoms with E-state index in [-0.39, 0.29) is 5.12 Å². The molecular formula is C13H25NOS2.